The molecule has 4 heteroatoms. The van der Waals surface area contributed by atoms with E-state index in [-0.39, 0.29) is 16.4 Å². The molecule has 2 nitrogen and oxygen atoms in total. The highest BCUT2D eigenvalue weighted by Crippen LogP contribution is 2.56. The SMILES string of the molecule is CC1(C)[C@H]2Cc3c(N)cccc3[C@]1(C)CCN2CCCCc1c(F)cccc1F. The number of likely N-dealkylation sites (tertiary alicyclic amines) is 1. The lowest BCUT2D eigenvalue weighted by Gasteiger charge is -2.61. The summed E-state index contributed by atoms with van der Waals surface area (Å²) in [4.78, 5) is 2.59. The molecule has 2 bridgehead atoms. The molecule has 0 aromatic heterocycles. The second kappa shape index (κ2) is 7.39. The molecular formula is C25H32F2N2. The number of hydrogen-bond donors (Lipinski definition) is 1. The van der Waals surface area contributed by atoms with Crippen molar-refractivity contribution < 1.29 is 8.78 Å². The van der Waals surface area contributed by atoms with Crippen molar-refractivity contribution in [2.24, 2.45) is 5.41 Å². The Morgan fingerprint density at radius 3 is 2.45 bits per heavy atom. The molecule has 1 fully saturated rings. The Hall–Kier alpha value is -1.94. The van der Waals surface area contributed by atoms with Crippen LogP contribution in [0.15, 0.2) is 36.4 Å². The van der Waals surface area contributed by atoms with Crippen molar-refractivity contribution in [3.8, 4) is 0 Å². The van der Waals surface area contributed by atoms with Crippen molar-refractivity contribution in [2.45, 2.75) is 64.3 Å². The van der Waals surface area contributed by atoms with E-state index in [0.717, 1.165) is 44.5 Å². The molecule has 2 N–H and O–H groups in total. The summed E-state index contributed by atoms with van der Waals surface area (Å²) < 4.78 is 27.7. The zero-order valence-corrected chi connectivity index (χ0v) is 17.8. The number of unbranched alkanes of at least 4 members (excludes halogenated alkanes) is 1. The van der Waals surface area contributed by atoms with Gasteiger partial charge in [0.2, 0.25) is 0 Å². The van der Waals surface area contributed by atoms with E-state index in [1.165, 1.54) is 29.3 Å². The second-order valence-corrected chi connectivity index (χ2v) is 9.59. The molecule has 1 aliphatic heterocycles. The quantitative estimate of drug-likeness (QED) is 0.533. The highest BCUT2D eigenvalue weighted by atomic mass is 19.1. The topological polar surface area (TPSA) is 29.3 Å². The Bertz CT molecular complexity index is 887. The minimum Gasteiger partial charge on any atom is -0.398 e. The van der Waals surface area contributed by atoms with Gasteiger partial charge < -0.3 is 5.73 Å². The van der Waals surface area contributed by atoms with E-state index in [0.29, 0.717) is 12.5 Å². The molecule has 2 aliphatic rings. The summed E-state index contributed by atoms with van der Waals surface area (Å²) in [6.45, 7) is 9.21. The lowest BCUT2D eigenvalue weighted by Crippen LogP contribution is -2.63. The number of rotatable bonds is 5. The van der Waals surface area contributed by atoms with Crippen LogP contribution in [0.4, 0.5) is 14.5 Å². The summed E-state index contributed by atoms with van der Waals surface area (Å²) in [5, 5.41) is 0. The van der Waals surface area contributed by atoms with E-state index in [1.807, 2.05) is 6.07 Å². The average molecular weight is 399 g/mol. The molecule has 0 unspecified atom stereocenters. The minimum absolute atomic E-state index is 0.118. The van der Waals surface area contributed by atoms with Crippen LogP contribution in [0, 0.1) is 17.0 Å². The van der Waals surface area contributed by atoms with Gasteiger partial charge in [-0.2, -0.15) is 0 Å². The Morgan fingerprint density at radius 1 is 1.03 bits per heavy atom. The minimum atomic E-state index is -0.431. The molecule has 29 heavy (non-hydrogen) atoms. The summed E-state index contributed by atoms with van der Waals surface area (Å²) >= 11 is 0. The van der Waals surface area contributed by atoms with Gasteiger partial charge in [0, 0.05) is 22.7 Å². The monoisotopic (exact) mass is 398 g/mol. The van der Waals surface area contributed by atoms with Gasteiger partial charge in [-0.1, -0.05) is 39.0 Å². The number of anilines is 1. The molecule has 0 radical (unpaired) electrons. The van der Waals surface area contributed by atoms with Gasteiger partial charge in [-0.15, -0.1) is 0 Å². The van der Waals surface area contributed by atoms with Gasteiger partial charge in [-0.3, -0.25) is 4.90 Å². The first-order valence-corrected chi connectivity index (χ1v) is 10.8. The summed E-state index contributed by atoms with van der Waals surface area (Å²) in [6, 6.07) is 10.9. The molecule has 0 spiro atoms. The van der Waals surface area contributed by atoms with Crippen molar-refractivity contribution in [1.82, 2.24) is 4.90 Å². The summed E-state index contributed by atoms with van der Waals surface area (Å²) in [5.41, 5.74) is 10.5. The number of fused-ring (bicyclic) bond motifs is 4. The Morgan fingerprint density at radius 2 is 1.72 bits per heavy atom. The van der Waals surface area contributed by atoms with E-state index < -0.39 is 11.6 Å². The first kappa shape index (κ1) is 20.3. The Balaban J connectivity index is 1.47. The second-order valence-electron chi connectivity index (χ2n) is 9.59. The van der Waals surface area contributed by atoms with Crippen LogP contribution in [0.1, 0.15) is 56.7 Å². The van der Waals surface area contributed by atoms with E-state index in [1.54, 1.807) is 0 Å². The van der Waals surface area contributed by atoms with Crippen LogP contribution in [-0.2, 0) is 18.3 Å². The van der Waals surface area contributed by atoms with Crippen LogP contribution >= 0.6 is 0 Å². The first-order chi connectivity index (χ1) is 13.8. The highest BCUT2D eigenvalue weighted by Gasteiger charge is 2.55. The van der Waals surface area contributed by atoms with Gasteiger partial charge in [0.05, 0.1) is 0 Å². The molecule has 1 heterocycles. The van der Waals surface area contributed by atoms with Gasteiger partial charge >= 0.3 is 0 Å². The zero-order chi connectivity index (χ0) is 20.8. The van der Waals surface area contributed by atoms with E-state index in [9.17, 15) is 8.78 Å². The van der Waals surface area contributed by atoms with E-state index in [2.05, 4.69) is 37.8 Å². The van der Waals surface area contributed by atoms with Crippen molar-refractivity contribution in [3.63, 3.8) is 0 Å². The molecule has 156 valence electrons. The lowest BCUT2D eigenvalue weighted by atomic mass is 9.51. The summed E-state index contributed by atoms with van der Waals surface area (Å²) in [6.07, 6.45) is 4.26. The number of nitrogens with zero attached hydrogens (tertiary/aromatic N) is 1. The molecule has 2 atom stereocenters. The van der Waals surface area contributed by atoms with Crippen LogP contribution in [0.25, 0.3) is 0 Å². The number of hydrogen-bond acceptors (Lipinski definition) is 2. The number of nitrogen functional groups attached to an aromatic ring is 1. The zero-order valence-electron chi connectivity index (χ0n) is 17.8. The van der Waals surface area contributed by atoms with Crippen LogP contribution in [0.5, 0.6) is 0 Å². The van der Waals surface area contributed by atoms with Crippen LogP contribution in [-0.4, -0.2) is 24.0 Å². The Labute approximate surface area is 173 Å². The average Bonchev–Trinajstić information content (AvgIpc) is 2.66. The third-order valence-electron chi connectivity index (χ3n) is 7.98. The summed E-state index contributed by atoms with van der Waals surface area (Å²) in [5.74, 6) is -0.863. The number of halogens is 2. The predicted molar refractivity (Wildman–Crippen MR) is 115 cm³/mol. The largest absolute Gasteiger partial charge is 0.398 e. The molecule has 0 saturated carbocycles. The van der Waals surface area contributed by atoms with E-state index in [4.69, 9.17) is 5.73 Å². The summed E-state index contributed by atoms with van der Waals surface area (Å²) in [7, 11) is 0. The maximum atomic E-state index is 13.9. The maximum Gasteiger partial charge on any atom is 0.129 e. The van der Waals surface area contributed by atoms with Crippen molar-refractivity contribution in [1.29, 1.82) is 0 Å². The third-order valence-corrected chi connectivity index (χ3v) is 7.98. The van der Waals surface area contributed by atoms with Crippen LogP contribution in [0.2, 0.25) is 0 Å². The van der Waals surface area contributed by atoms with Gasteiger partial charge in [0.25, 0.3) is 0 Å². The molecular weight excluding hydrogens is 366 g/mol. The van der Waals surface area contributed by atoms with Crippen molar-refractivity contribution in [3.05, 3.63) is 64.7 Å². The number of benzene rings is 2. The molecule has 4 rings (SSSR count). The van der Waals surface area contributed by atoms with Crippen LogP contribution in [0.3, 0.4) is 0 Å². The number of piperidine rings is 1. The van der Waals surface area contributed by atoms with E-state index >= 15 is 0 Å². The molecule has 1 saturated heterocycles. The Kier molecular flexibility index (Phi) is 5.18. The highest BCUT2D eigenvalue weighted by molar-refractivity contribution is 5.56. The fourth-order valence-corrected chi connectivity index (χ4v) is 5.73. The maximum absolute atomic E-state index is 13.9. The number of nitrogens with two attached hydrogens (primary N) is 1. The van der Waals surface area contributed by atoms with Gasteiger partial charge in [-0.05, 0) is 79.9 Å². The lowest BCUT2D eigenvalue weighted by molar-refractivity contribution is -0.0381. The van der Waals surface area contributed by atoms with Crippen molar-refractivity contribution >= 4 is 5.69 Å². The molecule has 0 amide bonds. The smallest absolute Gasteiger partial charge is 0.129 e. The fourth-order valence-electron chi connectivity index (χ4n) is 5.73. The van der Waals surface area contributed by atoms with Crippen molar-refractivity contribution in [2.75, 3.05) is 18.8 Å². The molecule has 1 aliphatic carbocycles. The first-order valence-electron chi connectivity index (χ1n) is 10.8. The van der Waals surface area contributed by atoms with Gasteiger partial charge in [0.1, 0.15) is 11.6 Å². The third kappa shape index (κ3) is 3.26. The van der Waals surface area contributed by atoms with Gasteiger partial charge in [-0.25, -0.2) is 8.78 Å². The van der Waals surface area contributed by atoms with Crippen LogP contribution < -0.4 is 5.73 Å². The fraction of sp³-hybridized carbons (Fsp3) is 0.520. The normalized spacial score (nSPS) is 25.6. The van der Waals surface area contributed by atoms with Gasteiger partial charge in [0.15, 0.2) is 0 Å². The predicted octanol–water partition coefficient (Wildman–Crippen LogP) is 5.48. The standard InChI is InChI=1S/C25H32F2N2/c1-24(2)23-16-18-19(9-6-12-22(18)28)25(24,3)13-15-29(23)14-5-4-8-17-20(26)10-7-11-21(17)27/h6-7,9-12,23H,4-5,8,13-16,28H2,1-3H3/t23-,25+/m1/s1. The molecule has 2 aromatic rings. The molecule has 2 aromatic carbocycles.